The van der Waals surface area contributed by atoms with Gasteiger partial charge in [0.05, 0.1) is 0 Å². The van der Waals surface area contributed by atoms with Crippen LogP contribution in [-0.2, 0) is 6.42 Å². The van der Waals surface area contributed by atoms with Crippen LogP contribution in [0.1, 0.15) is 78.8 Å². The number of H-pyrrole nitrogens is 1. The number of hydrogen-bond acceptors (Lipinski definition) is 0. The van der Waals surface area contributed by atoms with Crippen molar-refractivity contribution in [2.24, 2.45) is 22.7 Å². The van der Waals surface area contributed by atoms with Crippen LogP contribution < -0.4 is 0 Å². The van der Waals surface area contributed by atoms with Crippen LogP contribution in [0.2, 0.25) is 0 Å². The molecule has 1 nitrogen and oxygen atoms in total. The van der Waals surface area contributed by atoms with Crippen LogP contribution in [0.4, 0.5) is 0 Å². The van der Waals surface area contributed by atoms with Crippen LogP contribution in [0.5, 0.6) is 0 Å². The maximum Gasteiger partial charge on any atom is 0.0188 e. The molecule has 2 aliphatic carbocycles. The van der Waals surface area contributed by atoms with Crippen LogP contribution >= 0.6 is 0 Å². The van der Waals surface area contributed by atoms with Crippen LogP contribution in [-0.4, -0.2) is 4.98 Å². The zero-order valence-corrected chi connectivity index (χ0v) is 17.0. The van der Waals surface area contributed by atoms with Crippen molar-refractivity contribution in [1.82, 2.24) is 4.98 Å². The minimum absolute atomic E-state index is 0.420. The molecule has 1 aromatic heterocycles. The molecule has 0 aromatic carbocycles. The van der Waals surface area contributed by atoms with Gasteiger partial charge in [0.25, 0.3) is 0 Å². The van der Waals surface area contributed by atoms with Crippen molar-refractivity contribution in [2.75, 3.05) is 0 Å². The molecule has 138 valence electrons. The molecule has 0 aliphatic heterocycles. The van der Waals surface area contributed by atoms with Crippen molar-refractivity contribution in [1.29, 1.82) is 0 Å². The molecule has 1 fully saturated rings. The van der Waals surface area contributed by atoms with Crippen LogP contribution in [0, 0.1) is 22.7 Å². The van der Waals surface area contributed by atoms with E-state index in [4.69, 9.17) is 0 Å². The second kappa shape index (κ2) is 7.17. The van der Waals surface area contributed by atoms with Crippen LogP contribution in [0.3, 0.4) is 0 Å². The molecule has 3 atom stereocenters. The van der Waals surface area contributed by atoms with Crippen LogP contribution in [0.15, 0.2) is 41.6 Å². The third-order valence-corrected chi connectivity index (χ3v) is 7.37. The summed E-state index contributed by atoms with van der Waals surface area (Å²) in [6, 6.07) is 4.27. The topological polar surface area (TPSA) is 15.8 Å². The van der Waals surface area contributed by atoms with Gasteiger partial charge in [0.15, 0.2) is 0 Å². The van der Waals surface area contributed by atoms with Gasteiger partial charge in [-0.1, -0.05) is 57.4 Å². The van der Waals surface area contributed by atoms with Crippen molar-refractivity contribution in [3.05, 3.63) is 47.3 Å². The van der Waals surface area contributed by atoms with Gasteiger partial charge in [-0.05, 0) is 73.8 Å². The Kier molecular flexibility index (Phi) is 5.32. The highest BCUT2D eigenvalue weighted by Crippen LogP contribution is 2.57. The summed E-state index contributed by atoms with van der Waals surface area (Å²) >= 11 is 0. The molecule has 1 N–H and O–H groups in total. The van der Waals surface area contributed by atoms with Crippen molar-refractivity contribution in [2.45, 2.75) is 79.6 Å². The number of aromatic amines is 1. The van der Waals surface area contributed by atoms with Gasteiger partial charge >= 0.3 is 0 Å². The molecular formula is C24H37N. The van der Waals surface area contributed by atoms with Crippen molar-refractivity contribution in [3.63, 3.8) is 0 Å². The Hall–Kier alpha value is -1.24. The molecule has 0 saturated heterocycles. The summed E-state index contributed by atoms with van der Waals surface area (Å²) in [4.78, 5) is 3.32. The van der Waals surface area contributed by atoms with Crippen LogP contribution in [0.25, 0.3) is 0 Å². The van der Waals surface area contributed by atoms with E-state index < -0.39 is 0 Å². The maximum atomic E-state index is 3.32. The number of aromatic nitrogens is 1. The molecule has 2 aliphatic rings. The van der Waals surface area contributed by atoms with Gasteiger partial charge in [-0.15, -0.1) is 0 Å². The lowest BCUT2D eigenvalue weighted by Gasteiger charge is -2.53. The van der Waals surface area contributed by atoms with Crippen molar-refractivity contribution >= 4 is 0 Å². The van der Waals surface area contributed by atoms with Gasteiger partial charge in [0.2, 0.25) is 0 Å². The predicted molar refractivity (Wildman–Crippen MR) is 109 cm³/mol. The number of allylic oxidation sites excluding steroid dienone is 4. The Morgan fingerprint density at radius 2 is 2.12 bits per heavy atom. The van der Waals surface area contributed by atoms with Gasteiger partial charge < -0.3 is 4.98 Å². The first-order chi connectivity index (χ1) is 11.8. The minimum atomic E-state index is 0.420. The van der Waals surface area contributed by atoms with Gasteiger partial charge in [-0.25, -0.2) is 0 Å². The van der Waals surface area contributed by atoms with Gasteiger partial charge in [0.1, 0.15) is 0 Å². The second-order valence-corrected chi connectivity index (χ2v) is 9.59. The predicted octanol–water partition coefficient (Wildman–Crippen LogP) is 7.08. The Morgan fingerprint density at radius 3 is 2.84 bits per heavy atom. The Bertz CT molecular complexity index is 631. The number of rotatable bonds is 5. The highest BCUT2D eigenvalue weighted by molar-refractivity contribution is 5.25. The summed E-state index contributed by atoms with van der Waals surface area (Å²) in [7, 11) is 0. The summed E-state index contributed by atoms with van der Waals surface area (Å²) in [6.45, 7) is 12.3. The van der Waals surface area contributed by atoms with Gasteiger partial charge in [-0.3, -0.25) is 0 Å². The fourth-order valence-electron chi connectivity index (χ4n) is 5.44. The number of nitrogens with one attached hydrogen (secondary N) is 1. The second-order valence-electron chi connectivity index (χ2n) is 9.59. The lowest BCUT2D eigenvalue weighted by molar-refractivity contribution is 0.0590. The molecule has 0 amide bonds. The lowest BCUT2D eigenvalue weighted by atomic mass is 9.52. The monoisotopic (exact) mass is 339 g/mol. The van der Waals surface area contributed by atoms with E-state index in [1.807, 2.05) is 6.20 Å². The highest BCUT2D eigenvalue weighted by atomic mass is 14.7. The molecule has 1 heteroatoms. The number of fused-ring (bicyclic) bond motifs is 1. The average molecular weight is 340 g/mol. The summed E-state index contributed by atoms with van der Waals surface area (Å²) < 4.78 is 0. The third kappa shape index (κ3) is 3.81. The normalized spacial score (nSPS) is 32.2. The summed E-state index contributed by atoms with van der Waals surface area (Å²) in [5, 5.41) is 0. The fraction of sp³-hybridized carbons (Fsp3) is 0.667. The molecule has 0 radical (unpaired) electrons. The molecular weight excluding hydrogens is 302 g/mol. The largest absolute Gasteiger partial charge is 0.365 e. The summed E-state index contributed by atoms with van der Waals surface area (Å²) in [5.74, 6) is 1.60. The SMILES string of the molecule is C/C(=C\CC[C@@]1(C)[C@@H]2CCCC(C)(C)C2=CC[C@@H]1C)Cc1ccc[nH]1. The Labute approximate surface area is 155 Å². The van der Waals surface area contributed by atoms with E-state index in [0.717, 1.165) is 18.3 Å². The van der Waals surface area contributed by atoms with Gasteiger partial charge in [0, 0.05) is 18.3 Å². The van der Waals surface area contributed by atoms with E-state index in [2.05, 4.69) is 63.9 Å². The standard InChI is InChI=1S/C24H37N/c1-18(17-20-10-8-16-25-20)9-6-15-24(5)19(2)12-13-21-22(24)11-7-14-23(21,3)4/h8-10,13,16,19,22,25H,6-7,11-12,14-15,17H2,1-5H3/b18-9+/t19-,22+,24+/m0/s1. The quantitative estimate of drug-likeness (QED) is 0.551. The van der Waals surface area contributed by atoms with E-state index in [-0.39, 0.29) is 0 Å². The van der Waals surface area contributed by atoms with E-state index in [1.165, 1.54) is 49.8 Å². The lowest BCUT2D eigenvalue weighted by Crippen LogP contribution is -2.43. The zero-order valence-electron chi connectivity index (χ0n) is 17.0. The molecule has 0 unspecified atom stereocenters. The molecule has 1 heterocycles. The first kappa shape index (κ1) is 18.5. The fourth-order valence-corrected chi connectivity index (χ4v) is 5.44. The first-order valence-corrected chi connectivity index (χ1v) is 10.3. The molecule has 0 bridgehead atoms. The van der Waals surface area contributed by atoms with Crippen molar-refractivity contribution in [3.8, 4) is 0 Å². The molecule has 0 spiro atoms. The zero-order chi connectivity index (χ0) is 18.1. The maximum absolute atomic E-state index is 3.32. The minimum Gasteiger partial charge on any atom is -0.365 e. The first-order valence-electron chi connectivity index (χ1n) is 10.3. The van der Waals surface area contributed by atoms with Gasteiger partial charge in [-0.2, -0.15) is 0 Å². The highest BCUT2D eigenvalue weighted by Gasteiger charge is 2.47. The number of hydrogen-bond donors (Lipinski definition) is 1. The average Bonchev–Trinajstić information content (AvgIpc) is 3.04. The van der Waals surface area contributed by atoms with E-state index >= 15 is 0 Å². The summed E-state index contributed by atoms with van der Waals surface area (Å²) in [5.41, 5.74) is 5.49. The smallest absolute Gasteiger partial charge is 0.0188 e. The summed E-state index contributed by atoms with van der Waals surface area (Å²) in [6.07, 6.45) is 16.2. The third-order valence-electron chi connectivity index (χ3n) is 7.37. The Balaban J connectivity index is 1.68. The van der Waals surface area contributed by atoms with Crippen molar-refractivity contribution < 1.29 is 0 Å². The molecule has 25 heavy (non-hydrogen) atoms. The Morgan fingerprint density at radius 1 is 1.32 bits per heavy atom. The van der Waals surface area contributed by atoms with E-state index in [1.54, 1.807) is 5.57 Å². The molecule has 1 saturated carbocycles. The van der Waals surface area contributed by atoms with E-state index in [9.17, 15) is 0 Å². The molecule has 1 aromatic rings. The van der Waals surface area contributed by atoms with E-state index in [0.29, 0.717) is 10.8 Å². The molecule has 3 rings (SSSR count).